The molecule has 0 aliphatic rings. The first-order valence-corrected chi connectivity index (χ1v) is 7.26. The Labute approximate surface area is 136 Å². The number of hydrogen-bond donors (Lipinski definition) is 3. The van der Waals surface area contributed by atoms with Crippen LogP contribution in [0.2, 0.25) is 5.02 Å². The minimum Gasteiger partial charge on any atom is -0.508 e. The Kier molecular flexibility index (Phi) is 3.80. The summed E-state index contributed by atoms with van der Waals surface area (Å²) in [6.07, 6.45) is 1.36. The Morgan fingerprint density at radius 3 is 2.78 bits per heavy atom. The lowest BCUT2D eigenvalue weighted by atomic mass is 10.1. The number of nitrogens with one attached hydrogen (secondary N) is 2. The Balaban J connectivity index is 2.00. The van der Waals surface area contributed by atoms with Gasteiger partial charge in [0.2, 0.25) is 5.43 Å². The third kappa shape index (κ3) is 2.78. The molecule has 0 fully saturated rings. The number of aromatic amines is 1. The van der Waals surface area contributed by atoms with E-state index >= 15 is 0 Å². The van der Waals surface area contributed by atoms with Crippen LogP contribution in [-0.2, 0) is 0 Å². The average Bonchev–Trinajstić information content (AvgIpc) is 2.53. The van der Waals surface area contributed by atoms with Gasteiger partial charge in [0.1, 0.15) is 11.3 Å². The van der Waals surface area contributed by atoms with Gasteiger partial charge >= 0.3 is 0 Å². The summed E-state index contributed by atoms with van der Waals surface area (Å²) in [4.78, 5) is 27.7. The maximum atomic E-state index is 12.4. The number of H-pyrrole nitrogens is 1. The van der Waals surface area contributed by atoms with Crippen molar-refractivity contribution in [3.63, 3.8) is 0 Å². The van der Waals surface area contributed by atoms with Gasteiger partial charge in [-0.1, -0.05) is 23.7 Å². The second-order valence-corrected chi connectivity index (χ2v) is 5.56. The normalized spacial score (nSPS) is 10.7. The first-order chi connectivity index (χ1) is 11.0. The van der Waals surface area contributed by atoms with E-state index in [4.69, 9.17) is 11.6 Å². The van der Waals surface area contributed by atoms with Crippen molar-refractivity contribution in [3.05, 3.63) is 69.0 Å². The summed E-state index contributed by atoms with van der Waals surface area (Å²) in [5.41, 5.74) is 1.09. The molecule has 0 saturated heterocycles. The monoisotopic (exact) mass is 328 g/mol. The smallest absolute Gasteiger partial charge is 0.261 e. The van der Waals surface area contributed by atoms with Crippen LogP contribution in [-0.4, -0.2) is 16.0 Å². The molecule has 1 heterocycles. The number of pyridine rings is 1. The fourth-order valence-corrected chi connectivity index (χ4v) is 2.55. The number of carbonyl (C=O) groups excluding carboxylic acids is 1. The van der Waals surface area contributed by atoms with Crippen molar-refractivity contribution in [2.45, 2.75) is 6.92 Å². The maximum Gasteiger partial charge on any atom is 0.261 e. The molecule has 0 radical (unpaired) electrons. The second kappa shape index (κ2) is 5.78. The number of fused-ring (bicyclic) bond motifs is 1. The molecule has 3 N–H and O–H groups in total. The summed E-state index contributed by atoms with van der Waals surface area (Å²) < 4.78 is 0. The number of benzene rings is 2. The Morgan fingerprint density at radius 1 is 1.26 bits per heavy atom. The molecule has 6 heteroatoms. The van der Waals surface area contributed by atoms with Crippen LogP contribution >= 0.6 is 11.6 Å². The number of aromatic nitrogens is 1. The predicted octanol–water partition coefficient (Wildman–Crippen LogP) is 3.45. The van der Waals surface area contributed by atoms with E-state index in [1.165, 1.54) is 18.3 Å². The largest absolute Gasteiger partial charge is 0.508 e. The molecule has 2 aromatic carbocycles. The molecule has 23 heavy (non-hydrogen) atoms. The van der Waals surface area contributed by atoms with Gasteiger partial charge in [-0.15, -0.1) is 0 Å². The molecule has 0 atom stereocenters. The molecule has 0 aliphatic carbocycles. The molecule has 3 aromatic rings. The number of hydrogen-bond acceptors (Lipinski definition) is 3. The fraction of sp³-hybridized carbons (Fsp3) is 0.0588. The summed E-state index contributed by atoms with van der Waals surface area (Å²) in [5, 5.41) is 13.0. The van der Waals surface area contributed by atoms with Crippen molar-refractivity contribution in [2.24, 2.45) is 0 Å². The van der Waals surface area contributed by atoms with Gasteiger partial charge in [0.05, 0.1) is 10.7 Å². The highest BCUT2D eigenvalue weighted by Gasteiger charge is 2.15. The van der Waals surface area contributed by atoms with Gasteiger partial charge in [-0.3, -0.25) is 9.59 Å². The number of amides is 1. The number of halogens is 1. The van der Waals surface area contributed by atoms with Gasteiger partial charge in [-0.25, -0.2) is 0 Å². The standard InChI is InChI=1S/C17H13ClN2O3/c1-9-6-12(18)14(7-15(9)21)20-17(23)11-8-19-13-5-3-2-4-10(13)16(11)22/h2-8,21H,1H3,(H,19,22)(H,20,23). The predicted molar refractivity (Wildman–Crippen MR) is 90.4 cm³/mol. The molecular formula is C17H13ClN2O3. The Hall–Kier alpha value is -2.79. The summed E-state index contributed by atoms with van der Waals surface area (Å²) >= 11 is 6.06. The Bertz CT molecular complexity index is 979. The summed E-state index contributed by atoms with van der Waals surface area (Å²) in [5.74, 6) is -0.584. The van der Waals surface area contributed by atoms with Crippen LogP contribution in [0, 0.1) is 6.92 Å². The minimum absolute atomic E-state index is 0.0112. The van der Waals surface area contributed by atoms with Gasteiger partial charge in [-0.05, 0) is 30.7 Å². The van der Waals surface area contributed by atoms with Crippen molar-refractivity contribution in [1.29, 1.82) is 0 Å². The van der Waals surface area contributed by atoms with E-state index in [1.807, 2.05) is 0 Å². The zero-order chi connectivity index (χ0) is 16.6. The number of anilines is 1. The molecule has 0 saturated carbocycles. The number of aryl methyl sites for hydroxylation is 1. The van der Waals surface area contributed by atoms with Crippen LogP contribution in [0.5, 0.6) is 5.75 Å². The van der Waals surface area contributed by atoms with Crippen LogP contribution in [0.3, 0.4) is 0 Å². The lowest BCUT2D eigenvalue weighted by Gasteiger charge is -2.09. The van der Waals surface area contributed by atoms with Crippen LogP contribution in [0.4, 0.5) is 5.69 Å². The summed E-state index contributed by atoms with van der Waals surface area (Å²) in [6.45, 7) is 1.70. The van der Waals surface area contributed by atoms with Gasteiger partial charge in [0.25, 0.3) is 5.91 Å². The highest BCUT2D eigenvalue weighted by molar-refractivity contribution is 6.34. The average molecular weight is 329 g/mol. The van der Waals surface area contributed by atoms with E-state index in [-0.39, 0.29) is 27.5 Å². The van der Waals surface area contributed by atoms with Gasteiger partial charge in [-0.2, -0.15) is 0 Å². The SMILES string of the molecule is Cc1cc(Cl)c(NC(=O)c2c[nH]c3ccccc3c2=O)cc1O. The van der Waals surface area contributed by atoms with E-state index in [0.717, 1.165) is 0 Å². The molecule has 3 rings (SSSR count). The zero-order valence-corrected chi connectivity index (χ0v) is 12.9. The van der Waals surface area contributed by atoms with Gasteiger partial charge < -0.3 is 15.4 Å². The summed E-state index contributed by atoms with van der Waals surface area (Å²) in [7, 11) is 0. The van der Waals surface area contributed by atoms with Crippen molar-refractivity contribution >= 4 is 34.1 Å². The molecule has 0 unspecified atom stereocenters. The molecule has 0 spiro atoms. The second-order valence-electron chi connectivity index (χ2n) is 5.15. The zero-order valence-electron chi connectivity index (χ0n) is 12.2. The molecule has 1 amide bonds. The number of carbonyl (C=O) groups is 1. The van der Waals surface area contributed by atoms with E-state index in [1.54, 1.807) is 31.2 Å². The lowest BCUT2D eigenvalue weighted by Crippen LogP contribution is -2.22. The van der Waals surface area contributed by atoms with Gasteiger partial charge in [0, 0.05) is 23.2 Å². The van der Waals surface area contributed by atoms with E-state index in [0.29, 0.717) is 16.5 Å². The quantitative estimate of drug-likeness (QED) is 0.674. The maximum absolute atomic E-state index is 12.4. The molecule has 0 aliphatic heterocycles. The Morgan fingerprint density at radius 2 is 2.00 bits per heavy atom. The molecular weight excluding hydrogens is 316 g/mol. The first kappa shape index (κ1) is 15.1. The third-order valence-electron chi connectivity index (χ3n) is 3.57. The molecule has 0 bridgehead atoms. The topological polar surface area (TPSA) is 82.2 Å². The highest BCUT2D eigenvalue weighted by atomic mass is 35.5. The fourth-order valence-electron chi connectivity index (χ4n) is 2.28. The van der Waals surface area contributed by atoms with Crippen molar-refractivity contribution in [1.82, 2.24) is 4.98 Å². The van der Waals surface area contributed by atoms with Crippen molar-refractivity contribution < 1.29 is 9.90 Å². The minimum atomic E-state index is -0.595. The van der Waals surface area contributed by atoms with E-state index in [2.05, 4.69) is 10.3 Å². The molecule has 116 valence electrons. The van der Waals surface area contributed by atoms with E-state index < -0.39 is 5.91 Å². The third-order valence-corrected chi connectivity index (χ3v) is 3.88. The number of rotatable bonds is 2. The lowest BCUT2D eigenvalue weighted by molar-refractivity contribution is 0.102. The highest BCUT2D eigenvalue weighted by Crippen LogP contribution is 2.29. The van der Waals surface area contributed by atoms with E-state index in [9.17, 15) is 14.7 Å². The van der Waals surface area contributed by atoms with Crippen LogP contribution in [0.1, 0.15) is 15.9 Å². The number of aromatic hydroxyl groups is 1. The van der Waals surface area contributed by atoms with Crippen LogP contribution in [0.25, 0.3) is 10.9 Å². The number of phenolic OH excluding ortho intramolecular Hbond substituents is 1. The van der Waals surface area contributed by atoms with Crippen LogP contribution < -0.4 is 10.7 Å². The summed E-state index contributed by atoms with van der Waals surface area (Å²) in [6, 6.07) is 9.83. The van der Waals surface area contributed by atoms with Crippen LogP contribution in [0.15, 0.2) is 47.4 Å². The van der Waals surface area contributed by atoms with Gasteiger partial charge in [0.15, 0.2) is 0 Å². The first-order valence-electron chi connectivity index (χ1n) is 6.88. The van der Waals surface area contributed by atoms with Crippen molar-refractivity contribution in [2.75, 3.05) is 5.32 Å². The number of para-hydroxylation sites is 1. The number of phenols is 1. The van der Waals surface area contributed by atoms with Crippen molar-refractivity contribution in [3.8, 4) is 5.75 Å². The molecule has 1 aromatic heterocycles. The molecule has 5 nitrogen and oxygen atoms in total.